The minimum Gasteiger partial charge on any atom is -0.368 e. The first-order valence-electron chi connectivity index (χ1n) is 9.95. The predicted octanol–water partition coefficient (Wildman–Crippen LogP) is 3.50. The summed E-state index contributed by atoms with van der Waals surface area (Å²) in [4.78, 5) is 27.6. The molecule has 0 N–H and O–H groups in total. The van der Waals surface area contributed by atoms with Crippen LogP contribution in [0.2, 0.25) is 0 Å². The number of aromatic nitrogens is 2. The standard InChI is InChI=1S/C22H22FN5O3/c1-15-13-16(2)27(24-15)21-14-19(7-8-20(21)28(30)31)25-9-11-26(12-10-25)22(29)17-3-5-18(23)6-4-17/h3-8,13-14H,9-12H2,1-2H3. The molecule has 2 heterocycles. The van der Waals surface area contributed by atoms with E-state index in [-0.39, 0.29) is 17.4 Å². The third-order valence-electron chi connectivity index (χ3n) is 5.42. The number of carbonyl (C=O) groups is 1. The lowest BCUT2D eigenvalue weighted by Gasteiger charge is -2.36. The summed E-state index contributed by atoms with van der Waals surface area (Å²) in [5.41, 5.74) is 3.29. The summed E-state index contributed by atoms with van der Waals surface area (Å²) in [6.45, 7) is 5.88. The minimum atomic E-state index is -0.408. The number of benzene rings is 2. The second-order valence-electron chi connectivity index (χ2n) is 7.56. The monoisotopic (exact) mass is 423 g/mol. The number of aryl methyl sites for hydroxylation is 2. The van der Waals surface area contributed by atoms with Crippen molar-refractivity contribution in [3.63, 3.8) is 0 Å². The third kappa shape index (κ3) is 4.11. The first-order valence-corrected chi connectivity index (χ1v) is 9.95. The van der Waals surface area contributed by atoms with Gasteiger partial charge in [0.15, 0.2) is 0 Å². The van der Waals surface area contributed by atoms with Gasteiger partial charge in [0.25, 0.3) is 11.6 Å². The van der Waals surface area contributed by atoms with Gasteiger partial charge in [-0.15, -0.1) is 0 Å². The highest BCUT2D eigenvalue weighted by Crippen LogP contribution is 2.30. The van der Waals surface area contributed by atoms with Gasteiger partial charge in [-0.25, -0.2) is 9.07 Å². The first kappa shape index (κ1) is 20.5. The fourth-order valence-electron chi connectivity index (χ4n) is 3.85. The van der Waals surface area contributed by atoms with Crippen LogP contribution >= 0.6 is 0 Å². The van der Waals surface area contributed by atoms with E-state index in [1.165, 1.54) is 30.3 Å². The fraction of sp³-hybridized carbons (Fsp3) is 0.273. The number of piperazine rings is 1. The number of carbonyl (C=O) groups excluding carboxylic acids is 1. The van der Waals surface area contributed by atoms with Crippen LogP contribution in [0.25, 0.3) is 5.69 Å². The van der Waals surface area contributed by atoms with E-state index >= 15 is 0 Å². The molecule has 2 aromatic carbocycles. The third-order valence-corrected chi connectivity index (χ3v) is 5.42. The Hall–Kier alpha value is -3.75. The van der Waals surface area contributed by atoms with Crippen LogP contribution in [-0.4, -0.2) is 51.7 Å². The molecule has 0 unspecified atom stereocenters. The van der Waals surface area contributed by atoms with Gasteiger partial charge in [-0.2, -0.15) is 5.10 Å². The first-order chi connectivity index (χ1) is 14.8. The number of nitro groups is 1. The van der Waals surface area contributed by atoms with Gasteiger partial charge < -0.3 is 9.80 Å². The van der Waals surface area contributed by atoms with Crippen molar-refractivity contribution in [1.29, 1.82) is 0 Å². The van der Waals surface area contributed by atoms with Crippen LogP contribution in [0.3, 0.4) is 0 Å². The molecule has 9 heteroatoms. The van der Waals surface area contributed by atoms with E-state index < -0.39 is 4.92 Å². The summed E-state index contributed by atoms with van der Waals surface area (Å²) >= 11 is 0. The average molecular weight is 423 g/mol. The normalized spacial score (nSPS) is 14.0. The second kappa shape index (κ2) is 8.17. The summed E-state index contributed by atoms with van der Waals surface area (Å²) in [5.74, 6) is -0.510. The van der Waals surface area contributed by atoms with Crippen LogP contribution in [0, 0.1) is 29.8 Å². The zero-order chi connectivity index (χ0) is 22.1. The molecule has 0 aliphatic carbocycles. The molecule has 1 amide bonds. The zero-order valence-corrected chi connectivity index (χ0v) is 17.3. The van der Waals surface area contributed by atoms with Crippen molar-refractivity contribution in [2.75, 3.05) is 31.1 Å². The van der Waals surface area contributed by atoms with E-state index in [0.717, 1.165) is 17.1 Å². The topological polar surface area (TPSA) is 84.5 Å². The Morgan fingerprint density at radius 2 is 1.71 bits per heavy atom. The van der Waals surface area contributed by atoms with Gasteiger partial charge in [-0.1, -0.05) is 0 Å². The van der Waals surface area contributed by atoms with Gasteiger partial charge in [-0.05, 0) is 56.3 Å². The van der Waals surface area contributed by atoms with Gasteiger partial charge in [-0.3, -0.25) is 14.9 Å². The summed E-state index contributed by atoms with van der Waals surface area (Å²) < 4.78 is 14.7. The largest absolute Gasteiger partial charge is 0.368 e. The van der Waals surface area contributed by atoms with Gasteiger partial charge in [0.1, 0.15) is 11.5 Å². The smallest absolute Gasteiger partial charge is 0.295 e. The van der Waals surface area contributed by atoms with E-state index in [1.54, 1.807) is 21.7 Å². The maximum atomic E-state index is 13.1. The molecule has 0 spiro atoms. The molecule has 8 nitrogen and oxygen atoms in total. The maximum Gasteiger partial charge on any atom is 0.295 e. The van der Waals surface area contributed by atoms with Gasteiger partial charge in [0.2, 0.25) is 0 Å². The number of hydrogen-bond acceptors (Lipinski definition) is 5. The van der Waals surface area contributed by atoms with Crippen molar-refractivity contribution < 1.29 is 14.1 Å². The molecule has 1 fully saturated rings. The highest BCUT2D eigenvalue weighted by Gasteiger charge is 2.25. The van der Waals surface area contributed by atoms with Gasteiger partial charge in [0.05, 0.1) is 10.6 Å². The molecule has 1 aliphatic rings. The lowest BCUT2D eigenvalue weighted by molar-refractivity contribution is -0.384. The zero-order valence-electron chi connectivity index (χ0n) is 17.3. The second-order valence-corrected chi connectivity index (χ2v) is 7.56. The van der Waals surface area contributed by atoms with Crippen LogP contribution in [0.4, 0.5) is 15.8 Å². The van der Waals surface area contributed by atoms with E-state index in [0.29, 0.717) is 37.4 Å². The van der Waals surface area contributed by atoms with Crippen molar-refractivity contribution in [3.8, 4) is 5.69 Å². The van der Waals surface area contributed by atoms with Crippen LogP contribution in [0.15, 0.2) is 48.5 Å². The number of hydrogen-bond donors (Lipinski definition) is 0. The van der Waals surface area contributed by atoms with Crippen molar-refractivity contribution in [2.45, 2.75) is 13.8 Å². The summed E-state index contributed by atoms with van der Waals surface area (Å²) in [5, 5.41) is 16.0. The highest BCUT2D eigenvalue weighted by atomic mass is 19.1. The Morgan fingerprint density at radius 3 is 2.29 bits per heavy atom. The van der Waals surface area contributed by atoms with E-state index in [9.17, 15) is 19.3 Å². The van der Waals surface area contributed by atoms with Crippen LogP contribution < -0.4 is 4.90 Å². The van der Waals surface area contributed by atoms with Crippen molar-refractivity contribution in [2.24, 2.45) is 0 Å². The molecule has 0 bridgehead atoms. The molecule has 1 aromatic heterocycles. The fourth-order valence-corrected chi connectivity index (χ4v) is 3.85. The maximum absolute atomic E-state index is 13.1. The van der Waals surface area contributed by atoms with Gasteiger partial charge in [0, 0.05) is 49.2 Å². The Morgan fingerprint density at radius 1 is 1.03 bits per heavy atom. The molecule has 160 valence electrons. The minimum absolute atomic E-state index is 0.0138. The number of anilines is 1. The molecule has 0 radical (unpaired) electrons. The lowest BCUT2D eigenvalue weighted by Crippen LogP contribution is -2.48. The lowest BCUT2D eigenvalue weighted by atomic mass is 10.1. The van der Waals surface area contributed by atoms with Gasteiger partial charge >= 0.3 is 0 Å². The van der Waals surface area contributed by atoms with E-state index in [1.807, 2.05) is 19.9 Å². The molecule has 4 rings (SSSR count). The highest BCUT2D eigenvalue weighted by molar-refractivity contribution is 5.94. The number of rotatable bonds is 4. The molecular formula is C22H22FN5O3. The molecule has 1 saturated heterocycles. The molecule has 0 atom stereocenters. The predicted molar refractivity (Wildman–Crippen MR) is 114 cm³/mol. The van der Waals surface area contributed by atoms with E-state index in [2.05, 4.69) is 10.00 Å². The SMILES string of the molecule is Cc1cc(C)n(-c2cc(N3CCN(C(=O)c4ccc(F)cc4)CC3)ccc2[N+](=O)[O-])n1. The Balaban J connectivity index is 1.54. The van der Waals surface area contributed by atoms with Crippen molar-refractivity contribution in [1.82, 2.24) is 14.7 Å². The summed E-state index contributed by atoms with van der Waals surface area (Å²) in [6, 6.07) is 12.4. The number of nitrogens with zero attached hydrogens (tertiary/aromatic N) is 5. The Labute approximate surface area is 178 Å². The van der Waals surface area contributed by atoms with E-state index in [4.69, 9.17) is 0 Å². The number of halogens is 1. The molecule has 31 heavy (non-hydrogen) atoms. The Kier molecular flexibility index (Phi) is 5.41. The average Bonchev–Trinajstić information content (AvgIpc) is 3.11. The molecule has 1 aliphatic heterocycles. The summed E-state index contributed by atoms with van der Waals surface area (Å²) in [7, 11) is 0. The molecule has 3 aromatic rings. The van der Waals surface area contributed by atoms with Crippen LogP contribution in [0.5, 0.6) is 0 Å². The van der Waals surface area contributed by atoms with Crippen LogP contribution in [-0.2, 0) is 0 Å². The number of amides is 1. The molecular weight excluding hydrogens is 401 g/mol. The van der Waals surface area contributed by atoms with Crippen molar-refractivity contribution >= 4 is 17.3 Å². The molecule has 0 saturated carbocycles. The Bertz CT molecular complexity index is 1130. The number of nitro benzene ring substituents is 1. The summed E-state index contributed by atoms with van der Waals surface area (Å²) in [6.07, 6.45) is 0. The van der Waals surface area contributed by atoms with Crippen molar-refractivity contribution in [3.05, 3.63) is 81.4 Å². The van der Waals surface area contributed by atoms with Crippen LogP contribution in [0.1, 0.15) is 21.7 Å². The quantitative estimate of drug-likeness (QED) is 0.474.